The van der Waals surface area contributed by atoms with Crippen molar-refractivity contribution in [2.75, 3.05) is 6.61 Å². The number of hydrogen-bond acceptors (Lipinski definition) is 14. The second-order valence-corrected chi connectivity index (χ2v) is 32.0. The lowest BCUT2D eigenvalue weighted by Gasteiger charge is -2.67. The van der Waals surface area contributed by atoms with Crippen LogP contribution in [0, 0.1) is 28.6 Å². The van der Waals surface area contributed by atoms with E-state index in [1.165, 1.54) is 6.92 Å². The summed E-state index contributed by atoms with van der Waals surface area (Å²) in [5, 5.41) is 17.0. The zero-order valence-corrected chi connectivity index (χ0v) is 46.8. The maximum atomic E-state index is 15.9. The monoisotopic (exact) mass is 1010 g/mol. The molecule has 1 saturated heterocycles. The van der Waals surface area contributed by atoms with Gasteiger partial charge in [0.05, 0.1) is 41.6 Å². The summed E-state index contributed by atoms with van der Waals surface area (Å²) in [6.45, 7) is 28.9. The average Bonchev–Trinajstić information content (AvgIpc) is 3.28. The van der Waals surface area contributed by atoms with E-state index >= 15 is 14.4 Å². The first kappa shape index (κ1) is 57.2. The molecule has 2 saturated carbocycles. The number of carbonyl (C=O) groups excluding carboxylic acids is 6. The Hall–Kier alpha value is -3.75. The predicted octanol–water partition coefficient (Wildman–Crippen LogP) is 9.41. The fourth-order valence-electron chi connectivity index (χ4n) is 12.1. The van der Waals surface area contributed by atoms with Gasteiger partial charge < -0.3 is 43.0 Å². The lowest BCUT2D eigenvalue weighted by atomic mass is 9.44. The minimum Gasteiger partial charge on any atom is -0.455 e. The van der Waals surface area contributed by atoms with Gasteiger partial charge in [-0.2, -0.15) is 0 Å². The zero-order chi connectivity index (χ0) is 52.6. The molecule has 3 fully saturated rings. The Morgan fingerprint density at radius 1 is 0.900 bits per heavy atom. The lowest BCUT2D eigenvalue weighted by Crippen LogP contribution is -2.82. The maximum absolute atomic E-state index is 15.9. The number of nitrogens with one attached hydrogen (secondary N) is 1. The molecule has 1 aromatic rings. The first-order chi connectivity index (χ1) is 32.5. The summed E-state index contributed by atoms with van der Waals surface area (Å²) < 4.78 is 45.7. The van der Waals surface area contributed by atoms with Crippen molar-refractivity contribution in [3.8, 4) is 0 Å². The van der Waals surface area contributed by atoms with Crippen molar-refractivity contribution < 1.29 is 66.4 Å². The van der Waals surface area contributed by atoms with Gasteiger partial charge in [0.25, 0.3) is 0 Å². The third-order valence-electron chi connectivity index (χ3n) is 16.7. The predicted molar refractivity (Wildman–Crippen MR) is 268 cm³/mol. The Labute approximate surface area is 418 Å². The Balaban J connectivity index is 1.80. The lowest BCUT2D eigenvalue weighted by molar-refractivity contribution is -0.344. The number of amides is 1. The van der Waals surface area contributed by atoms with Crippen molar-refractivity contribution >= 4 is 52.2 Å². The van der Waals surface area contributed by atoms with E-state index in [9.17, 15) is 19.5 Å². The fraction of sp³-hybridized carbons (Fsp3) is 0.736. The number of Topliss-reactive ketones (excluding diaryl/α,β-unsaturated/α-hetero) is 2. The van der Waals surface area contributed by atoms with E-state index in [1.54, 1.807) is 78.8 Å². The van der Waals surface area contributed by atoms with Crippen LogP contribution in [0.2, 0.25) is 36.3 Å². The van der Waals surface area contributed by atoms with E-state index in [4.69, 9.17) is 32.5 Å². The minimum absolute atomic E-state index is 0.0338. The highest BCUT2D eigenvalue weighted by Gasteiger charge is 2.79. The number of ether oxygens (including phenoxy) is 5. The Kier molecular flexibility index (Phi) is 17.5. The SMILES string of the molecule is CC[Si](CC)(CC)OC(C(=O)OC1=C(C)C2C(=O)C(=O)[C@]3(C)[C@@H](O[Si](CC)(CC)CC)C[C@H]4OC[C@@]4(OC(C)=O)[C@H]3[C@H](OC(=O)c3ccccc3)[C@](O)(C1)C2(C)C)[C@H](CC(C)C)NC(=O)OC(C)(C)C. The Morgan fingerprint density at radius 3 is 1.96 bits per heavy atom. The zero-order valence-electron chi connectivity index (χ0n) is 44.8. The number of aliphatic hydroxyl groups is 1. The number of esters is 3. The molecule has 392 valence electrons. The van der Waals surface area contributed by atoms with Crippen LogP contribution < -0.4 is 5.32 Å². The van der Waals surface area contributed by atoms with Crippen LogP contribution >= 0.6 is 0 Å². The minimum atomic E-state index is -2.66. The third kappa shape index (κ3) is 10.5. The van der Waals surface area contributed by atoms with E-state index in [0.29, 0.717) is 42.7 Å². The molecule has 0 aromatic heterocycles. The highest BCUT2D eigenvalue weighted by Crippen LogP contribution is 2.65. The van der Waals surface area contributed by atoms with E-state index < -0.39 is 129 Å². The van der Waals surface area contributed by atoms with Crippen molar-refractivity contribution in [3.05, 3.63) is 47.2 Å². The van der Waals surface area contributed by atoms with Gasteiger partial charge in [-0.25, -0.2) is 14.4 Å². The number of alkyl carbamates (subject to hydrolysis) is 1. The van der Waals surface area contributed by atoms with E-state index in [1.807, 2.05) is 34.6 Å². The van der Waals surface area contributed by atoms with Gasteiger partial charge >= 0.3 is 24.0 Å². The summed E-state index contributed by atoms with van der Waals surface area (Å²) in [6, 6.07) is 11.4. The molecule has 10 atom stereocenters. The average molecular weight is 1010 g/mol. The number of benzene rings is 1. The first-order valence-electron chi connectivity index (χ1n) is 25.7. The van der Waals surface area contributed by atoms with Gasteiger partial charge in [-0.3, -0.25) is 14.4 Å². The summed E-state index contributed by atoms with van der Waals surface area (Å²) in [4.78, 5) is 88.4. The topological polar surface area (TPSA) is 199 Å². The molecule has 4 aliphatic rings. The second-order valence-electron chi connectivity index (χ2n) is 22.5. The number of hydrogen-bond donors (Lipinski definition) is 2. The maximum Gasteiger partial charge on any atom is 0.407 e. The fourth-order valence-corrected chi connectivity index (χ4v) is 17.8. The summed E-state index contributed by atoms with van der Waals surface area (Å²) in [5.41, 5.74) is -7.93. The molecule has 0 spiro atoms. The summed E-state index contributed by atoms with van der Waals surface area (Å²) in [7, 11) is -5.27. The van der Waals surface area contributed by atoms with Crippen LogP contribution in [0.1, 0.15) is 140 Å². The largest absolute Gasteiger partial charge is 0.455 e. The molecule has 1 amide bonds. The molecule has 3 aliphatic carbocycles. The highest BCUT2D eigenvalue weighted by molar-refractivity contribution is 6.74. The van der Waals surface area contributed by atoms with Crippen molar-refractivity contribution in [2.45, 2.75) is 214 Å². The number of ketones is 2. The number of carbonyl (C=O) groups is 6. The quantitative estimate of drug-likeness (QED) is 0.0575. The van der Waals surface area contributed by atoms with Crippen molar-refractivity contribution in [1.29, 1.82) is 0 Å². The molecule has 2 bridgehead atoms. The Bertz CT molecular complexity index is 2130. The van der Waals surface area contributed by atoms with Crippen LogP contribution in [0.3, 0.4) is 0 Å². The summed E-state index contributed by atoms with van der Waals surface area (Å²) in [6.07, 6.45) is -5.77. The molecule has 2 unspecified atom stereocenters. The molecule has 1 aliphatic heterocycles. The molecular weight excluding hydrogens is 931 g/mol. The smallest absolute Gasteiger partial charge is 0.407 e. The van der Waals surface area contributed by atoms with Crippen LogP contribution in [0.15, 0.2) is 41.7 Å². The molecule has 15 nitrogen and oxygen atoms in total. The second kappa shape index (κ2) is 21.4. The number of fused-ring (bicyclic) bond motifs is 5. The molecular formula is C53H83NO14Si2. The van der Waals surface area contributed by atoms with E-state index in [0.717, 1.165) is 0 Å². The highest BCUT2D eigenvalue weighted by atomic mass is 28.4. The van der Waals surface area contributed by atoms with Gasteiger partial charge in [-0.15, -0.1) is 0 Å². The number of rotatable bonds is 19. The van der Waals surface area contributed by atoms with Crippen LogP contribution in [0.5, 0.6) is 0 Å². The van der Waals surface area contributed by atoms with Crippen molar-refractivity contribution in [1.82, 2.24) is 5.32 Å². The molecule has 0 radical (unpaired) electrons. The standard InChI is InChI=1S/C53H83NO14Si2/c1-17-69(18-2,19-3)67-38-29-39-52(31-62-39,65-34(10)55)43-45(64-46(58)35-26-24-23-25-27-35)53(61)30-37(33(9)40(50(53,14)15)41(56)44(57)51(38,43)16)63-47(59)42(68-70(20-4,21-5)22-6)36(28-32(7)8)54-48(60)66-49(11,12)13/h23-27,32,36,38-40,42-43,45,61H,17-22,28-31H2,1-16H3,(H,54,60)/t36-,38-,39+,40?,42?,43-,45-,51+,52-,53+/m0/s1. The van der Waals surface area contributed by atoms with Gasteiger partial charge in [-0.05, 0) is 101 Å². The van der Waals surface area contributed by atoms with Gasteiger partial charge in [0.15, 0.2) is 28.3 Å². The van der Waals surface area contributed by atoms with Crippen LogP contribution in [-0.4, -0.2) is 111 Å². The molecule has 70 heavy (non-hydrogen) atoms. The first-order valence-corrected chi connectivity index (χ1v) is 30.8. The van der Waals surface area contributed by atoms with Crippen LogP contribution in [-0.2, 0) is 51.7 Å². The van der Waals surface area contributed by atoms with Gasteiger partial charge in [0.1, 0.15) is 29.2 Å². The van der Waals surface area contributed by atoms with E-state index in [2.05, 4.69) is 26.1 Å². The van der Waals surface area contributed by atoms with Gasteiger partial charge in [0, 0.05) is 25.2 Å². The van der Waals surface area contributed by atoms with Crippen LogP contribution in [0.4, 0.5) is 4.79 Å². The molecule has 1 aromatic carbocycles. The van der Waals surface area contributed by atoms with Crippen molar-refractivity contribution in [2.24, 2.45) is 28.6 Å². The summed E-state index contributed by atoms with van der Waals surface area (Å²) >= 11 is 0. The Morgan fingerprint density at radius 2 is 1.47 bits per heavy atom. The van der Waals surface area contributed by atoms with Crippen molar-refractivity contribution in [3.63, 3.8) is 0 Å². The molecule has 1 heterocycles. The third-order valence-corrected chi connectivity index (χ3v) is 25.9. The molecule has 17 heteroatoms. The molecule has 2 N–H and O–H groups in total. The number of allylic oxidation sites excluding steroid dienone is 1. The van der Waals surface area contributed by atoms with Crippen LogP contribution in [0.25, 0.3) is 0 Å². The van der Waals surface area contributed by atoms with Gasteiger partial charge in [-0.1, -0.05) is 87.4 Å². The van der Waals surface area contributed by atoms with Gasteiger partial charge in [0.2, 0.25) is 11.6 Å². The molecule has 5 rings (SSSR count). The summed E-state index contributed by atoms with van der Waals surface area (Å²) in [5.74, 6) is -7.10. The van der Waals surface area contributed by atoms with E-state index in [-0.39, 0.29) is 35.8 Å². The normalized spacial score (nSPS) is 29.6.